The number of nitrogens with one attached hydrogen (secondary N) is 1. The summed E-state index contributed by atoms with van der Waals surface area (Å²) in [5, 5.41) is 3.19. The van der Waals surface area contributed by atoms with Gasteiger partial charge in [-0.25, -0.2) is 8.42 Å². The highest BCUT2D eigenvalue weighted by atomic mass is 35.5. The maximum Gasteiger partial charge on any atom is 0.257 e. The summed E-state index contributed by atoms with van der Waals surface area (Å²) in [7, 11) is -2.01. The van der Waals surface area contributed by atoms with Gasteiger partial charge in [-0.3, -0.25) is 9.10 Å². The molecular weight excluding hydrogens is 372 g/mol. The van der Waals surface area contributed by atoms with E-state index in [2.05, 4.69) is 19.2 Å². The number of anilines is 2. The summed E-state index contributed by atoms with van der Waals surface area (Å²) in [5.74, 6) is -0.140. The molecule has 1 N–H and O–H groups in total. The van der Waals surface area contributed by atoms with E-state index in [1.54, 1.807) is 6.07 Å². The Morgan fingerprint density at radius 3 is 2.42 bits per heavy atom. The lowest BCUT2D eigenvalue weighted by Gasteiger charge is -2.19. The fraction of sp³-hybridized carbons (Fsp3) is 0.316. The maximum absolute atomic E-state index is 12.8. The first-order chi connectivity index (χ1) is 12.0. The second-order valence-electron chi connectivity index (χ2n) is 6.54. The Morgan fingerprint density at radius 2 is 1.85 bits per heavy atom. The van der Waals surface area contributed by atoms with Crippen molar-refractivity contribution in [1.29, 1.82) is 0 Å². The fourth-order valence-corrected chi connectivity index (χ4v) is 3.30. The number of amides is 1. The Bertz CT molecular complexity index is 940. The van der Waals surface area contributed by atoms with Gasteiger partial charge in [-0.05, 0) is 42.2 Å². The molecule has 0 radical (unpaired) electrons. The van der Waals surface area contributed by atoms with Gasteiger partial charge >= 0.3 is 0 Å². The number of carbonyl (C=O) groups excluding carboxylic acids is 1. The molecule has 2 aromatic rings. The van der Waals surface area contributed by atoms with E-state index in [4.69, 9.17) is 11.6 Å². The van der Waals surface area contributed by atoms with Crippen molar-refractivity contribution in [3.63, 3.8) is 0 Å². The molecule has 1 amide bonds. The monoisotopic (exact) mass is 394 g/mol. The van der Waals surface area contributed by atoms with Gasteiger partial charge in [0.1, 0.15) is 0 Å². The topological polar surface area (TPSA) is 66.5 Å². The third-order valence-corrected chi connectivity index (χ3v) is 5.76. The lowest BCUT2D eigenvalue weighted by molar-refractivity contribution is 0.102. The van der Waals surface area contributed by atoms with Gasteiger partial charge < -0.3 is 5.32 Å². The van der Waals surface area contributed by atoms with Crippen molar-refractivity contribution < 1.29 is 13.2 Å². The van der Waals surface area contributed by atoms with Crippen molar-refractivity contribution in [1.82, 2.24) is 0 Å². The Kier molecular flexibility index (Phi) is 5.98. The zero-order valence-electron chi connectivity index (χ0n) is 15.5. The molecule has 0 spiro atoms. The van der Waals surface area contributed by atoms with Crippen molar-refractivity contribution in [2.45, 2.75) is 26.7 Å². The summed E-state index contributed by atoms with van der Waals surface area (Å²) in [6, 6.07) is 10.4. The fourth-order valence-electron chi connectivity index (χ4n) is 2.60. The van der Waals surface area contributed by atoms with Crippen LogP contribution >= 0.6 is 11.6 Å². The number of carbonyl (C=O) groups is 1. The number of halogens is 1. The average Bonchev–Trinajstić information content (AvgIpc) is 2.55. The number of hydrogen-bond donors (Lipinski definition) is 1. The maximum atomic E-state index is 12.8. The van der Waals surface area contributed by atoms with Crippen molar-refractivity contribution >= 4 is 38.9 Å². The quantitative estimate of drug-likeness (QED) is 0.816. The summed E-state index contributed by atoms with van der Waals surface area (Å²) in [4.78, 5) is 12.8. The van der Waals surface area contributed by atoms with Crippen LogP contribution in [0.5, 0.6) is 0 Å². The van der Waals surface area contributed by atoms with Crippen LogP contribution in [0, 0.1) is 6.92 Å². The summed E-state index contributed by atoms with van der Waals surface area (Å²) in [6.07, 6.45) is 1.10. The van der Waals surface area contributed by atoms with Crippen molar-refractivity contribution in [3.8, 4) is 0 Å². The largest absolute Gasteiger partial charge is 0.321 e. The molecule has 5 nitrogen and oxygen atoms in total. The number of para-hydroxylation sites is 1. The van der Waals surface area contributed by atoms with Gasteiger partial charge in [0.25, 0.3) is 5.91 Å². The van der Waals surface area contributed by atoms with Gasteiger partial charge in [0, 0.05) is 12.7 Å². The number of sulfonamides is 1. The number of benzene rings is 2. The molecule has 0 heterocycles. The molecular formula is C19H23ClN2O3S. The second-order valence-corrected chi connectivity index (χ2v) is 8.96. The van der Waals surface area contributed by atoms with Crippen LogP contribution in [0.1, 0.15) is 41.3 Å². The molecule has 26 heavy (non-hydrogen) atoms. The zero-order valence-corrected chi connectivity index (χ0v) is 17.1. The van der Waals surface area contributed by atoms with Crippen LogP contribution in [-0.4, -0.2) is 27.6 Å². The van der Waals surface area contributed by atoms with E-state index in [1.807, 2.05) is 25.1 Å². The second kappa shape index (κ2) is 7.68. The normalized spacial score (nSPS) is 11.5. The summed E-state index contributed by atoms with van der Waals surface area (Å²) < 4.78 is 24.6. The first-order valence-electron chi connectivity index (χ1n) is 8.16. The molecule has 0 aliphatic rings. The highest BCUT2D eigenvalue weighted by molar-refractivity contribution is 7.92. The van der Waals surface area contributed by atoms with Crippen LogP contribution in [0.3, 0.4) is 0 Å². The van der Waals surface area contributed by atoms with Crippen molar-refractivity contribution in [2.24, 2.45) is 0 Å². The minimum Gasteiger partial charge on any atom is -0.321 e. The molecule has 0 aromatic heterocycles. The first-order valence-corrected chi connectivity index (χ1v) is 10.4. The van der Waals surface area contributed by atoms with Gasteiger partial charge in [0.05, 0.1) is 22.5 Å². The lowest BCUT2D eigenvalue weighted by atomic mass is 9.98. The zero-order chi connectivity index (χ0) is 19.6. The van der Waals surface area contributed by atoms with Crippen molar-refractivity contribution in [3.05, 3.63) is 58.1 Å². The molecule has 0 aliphatic carbocycles. The Morgan fingerprint density at radius 1 is 1.19 bits per heavy atom. The van der Waals surface area contributed by atoms with Gasteiger partial charge in [-0.2, -0.15) is 0 Å². The van der Waals surface area contributed by atoms with Gasteiger partial charge in [-0.1, -0.05) is 43.6 Å². The first kappa shape index (κ1) is 20.3. The molecule has 2 aromatic carbocycles. The van der Waals surface area contributed by atoms with E-state index in [-0.39, 0.29) is 22.4 Å². The average molecular weight is 395 g/mol. The van der Waals surface area contributed by atoms with E-state index in [1.165, 1.54) is 19.2 Å². The Labute approximate surface area is 160 Å². The van der Waals surface area contributed by atoms with Crippen LogP contribution in [0.15, 0.2) is 36.4 Å². The third kappa shape index (κ3) is 4.37. The van der Waals surface area contributed by atoms with E-state index in [0.29, 0.717) is 5.69 Å². The molecule has 0 saturated heterocycles. The number of rotatable bonds is 5. The van der Waals surface area contributed by atoms with Crippen LogP contribution in [0.2, 0.25) is 5.02 Å². The molecule has 0 bridgehead atoms. The van der Waals surface area contributed by atoms with E-state index in [0.717, 1.165) is 27.4 Å². The number of nitrogens with zero attached hydrogens (tertiary/aromatic N) is 1. The molecule has 7 heteroatoms. The highest BCUT2D eigenvalue weighted by Gasteiger charge is 2.19. The van der Waals surface area contributed by atoms with Gasteiger partial charge in [0.2, 0.25) is 10.0 Å². The van der Waals surface area contributed by atoms with Crippen LogP contribution < -0.4 is 9.62 Å². The van der Waals surface area contributed by atoms with Gasteiger partial charge in [0.15, 0.2) is 0 Å². The minimum absolute atomic E-state index is 0.220. The molecule has 0 atom stereocenters. The minimum atomic E-state index is -3.44. The van der Waals surface area contributed by atoms with Crippen molar-refractivity contribution in [2.75, 3.05) is 22.9 Å². The molecule has 140 valence electrons. The molecule has 0 saturated carbocycles. The predicted octanol–water partition coefficient (Wildman–Crippen LogP) is 4.42. The smallest absolute Gasteiger partial charge is 0.257 e. The molecule has 0 aliphatic heterocycles. The van der Waals surface area contributed by atoms with Crippen LogP contribution in [0.25, 0.3) is 0 Å². The van der Waals surface area contributed by atoms with Crippen LogP contribution in [-0.2, 0) is 10.0 Å². The summed E-state index contributed by atoms with van der Waals surface area (Å²) in [5.41, 5.74) is 3.32. The lowest BCUT2D eigenvalue weighted by Crippen LogP contribution is -2.25. The molecule has 0 fully saturated rings. The summed E-state index contributed by atoms with van der Waals surface area (Å²) >= 11 is 6.19. The predicted molar refractivity (Wildman–Crippen MR) is 108 cm³/mol. The molecule has 2 rings (SSSR count). The number of aryl methyl sites for hydroxylation is 1. The van der Waals surface area contributed by atoms with Crippen LogP contribution in [0.4, 0.5) is 11.4 Å². The third-order valence-electron chi connectivity index (χ3n) is 4.22. The SMILES string of the molecule is Cc1cccc(C(C)C)c1NC(=O)c1cc(N(C)S(C)(=O)=O)ccc1Cl. The Balaban J connectivity index is 2.43. The number of hydrogen-bond acceptors (Lipinski definition) is 3. The summed E-state index contributed by atoms with van der Waals surface area (Å²) in [6.45, 7) is 6.04. The highest BCUT2D eigenvalue weighted by Crippen LogP contribution is 2.30. The van der Waals surface area contributed by atoms with E-state index < -0.39 is 10.0 Å². The van der Waals surface area contributed by atoms with Gasteiger partial charge in [-0.15, -0.1) is 0 Å². The van der Waals surface area contributed by atoms with E-state index >= 15 is 0 Å². The molecule has 0 unspecified atom stereocenters. The standard InChI is InChI=1S/C19H23ClN2O3S/c1-12(2)15-8-6-7-13(3)18(15)21-19(23)16-11-14(9-10-17(16)20)22(4)26(5,24)25/h6-12H,1-5H3,(H,21,23). The Hall–Kier alpha value is -2.05. The van der Waals surface area contributed by atoms with E-state index in [9.17, 15) is 13.2 Å².